The molecule has 0 spiro atoms. The Morgan fingerprint density at radius 3 is 2.35 bits per heavy atom. The van der Waals surface area contributed by atoms with Gasteiger partial charge in [-0.2, -0.15) is 0 Å². The molecule has 5 heteroatoms. The maximum atomic E-state index is 11.5. The molecule has 0 saturated carbocycles. The van der Waals surface area contributed by atoms with Gasteiger partial charge in [-0.3, -0.25) is 4.79 Å². The largest absolute Gasteiger partial charge is 0.294 e. The lowest BCUT2D eigenvalue weighted by Crippen LogP contribution is -1.91. The predicted molar refractivity (Wildman–Crippen MR) is 72.3 cm³/mol. The van der Waals surface area contributed by atoms with E-state index >= 15 is 0 Å². The van der Waals surface area contributed by atoms with Gasteiger partial charge in [-0.15, -0.1) is 11.3 Å². The maximum Gasteiger partial charge on any atom is 0.172 e. The highest BCUT2D eigenvalue weighted by Gasteiger charge is 2.15. The molecule has 0 N–H and O–H groups in total. The molecule has 0 aliphatic rings. The number of nitrogens with zero attached hydrogens (tertiary/aromatic N) is 1. The number of carbonyl (C=O) groups is 1. The Bertz CT molecular complexity index is 572. The summed E-state index contributed by atoms with van der Waals surface area (Å²) in [7, 11) is 0. The zero-order chi connectivity index (χ0) is 12.6. The van der Waals surface area contributed by atoms with Crippen molar-refractivity contribution in [1.29, 1.82) is 0 Å². The first kappa shape index (κ1) is 12.6. The standard InChI is InChI=1S/C12H9Cl2NOS/c1-6(16)12-11(15-7(2)17-12)8-3-9(13)5-10(14)4-8/h3-5H,1-2H3. The highest BCUT2D eigenvalue weighted by atomic mass is 35.5. The highest BCUT2D eigenvalue weighted by molar-refractivity contribution is 7.14. The van der Waals surface area contributed by atoms with Crippen LogP contribution in [0.3, 0.4) is 0 Å². The van der Waals surface area contributed by atoms with Gasteiger partial charge in [0.1, 0.15) is 0 Å². The predicted octanol–water partition coefficient (Wildman–Crippen LogP) is 4.63. The van der Waals surface area contributed by atoms with Crippen molar-refractivity contribution in [3.05, 3.63) is 38.1 Å². The van der Waals surface area contributed by atoms with E-state index in [1.54, 1.807) is 18.2 Å². The number of rotatable bonds is 2. The van der Waals surface area contributed by atoms with Gasteiger partial charge in [0, 0.05) is 22.5 Å². The van der Waals surface area contributed by atoms with E-state index in [4.69, 9.17) is 23.2 Å². The van der Waals surface area contributed by atoms with Crippen molar-refractivity contribution in [2.45, 2.75) is 13.8 Å². The topological polar surface area (TPSA) is 30.0 Å². The van der Waals surface area contributed by atoms with E-state index in [0.29, 0.717) is 20.6 Å². The van der Waals surface area contributed by atoms with Crippen LogP contribution in [0.2, 0.25) is 10.0 Å². The third-order valence-electron chi connectivity index (χ3n) is 2.19. The van der Waals surface area contributed by atoms with Crippen molar-refractivity contribution in [3.63, 3.8) is 0 Å². The second kappa shape index (κ2) is 4.77. The lowest BCUT2D eigenvalue weighted by molar-refractivity contribution is 0.102. The Labute approximate surface area is 113 Å². The van der Waals surface area contributed by atoms with Crippen LogP contribution in [0.4, 0.5) is 0 Å². The third-order valence-corrected chi connectivity index (χ3v) is 3.70. The van der Waals surface area contributed by atoms with Crippen LogP contribution in [0, 0.1) is 6.92 Å². The summed E-state index contributed by atoms with van der Waals surface area (Å²) in [4.78, 5) is 16.5. The number of benzene rings is 1. The minimum atomic E-state index is 0.00157. The Hall–Kier alpha value is -0.900. The van der Waals surface area contributed by atoms with Crippen molar-refractivity contribution in [2.24, 2.45) is 0 Å². The van der Waals surface area contributed by atoms with Crippen LogP contribution in [-0.2, 0) is 0 Å². The number of thiazole rings is 1. The number of aryl methyl sites for hydroxylation is 1. The molecule has 2 rings (SSSR count). The summed E-state index contributed by atoms with van der Waals surface area (Å²) in [6.07, 6.45) is 0. The average Bonchev–Trinajstić information content (AvgIpc) is 2.59. The molecule has 2 aromatic rings. The smallest absolute Gasteiger partial charge is 0.172 e. The fourth-order valence-electron chi connectivity index (χ4n) is 1.55. The van der Waals surface area contributed by atoms with Gasteiger partial charge >= 0.3 is 0 Å². The van der Waals surface area contributed by atoms with E-state index in [0.717, 1.165) is 10.6 Å². The van der Waals surface area contributed by atoms with E-state index in [1.807, 2.05) is 6.92 Å². The maximum absolute atomic E-state index is 11.5. The molecule has 0 atom stereocenters. The van der Waals surface area contributed by atoms with Crippen molar-refractivity contribution < 1.29 is 4.79 Å². The molecule has 0 unspecified atom stereocenters. The normalized spacial score (nSPS) is 10.6. The number of carbonyl (C=O) groups excluding carboxylic acids is 1. The number of hydrogen-bond acceptors (Lipinski definition) is 3. The summed E-state index contributed by atoms with van der Waals surface area (Å²) in [5.41, 5.74) is 1.43. The quantitative estimate of drug-likeness (QED) is 0.753. The van der Waals surface area contributed by atoms with Gasteiger partial charge in [0.2, 0.25) is 0 Å². The fraction of sp³-hybridized carbons (Fsp3) is 0.167. The molecular formula is C12H9Cl2NOS. The number of Topliss-reactive ketones (excluding diaryl/α,β-unsaturated/α-hetero) is 1. The molecular weight excluding hydrogens is 277 g/mol. The molecule has 17 heavy (non-hydrogen) atoms. The van der Waals surface area contributed by atoms with Gasteiger partial charge in [0.05, 0.1) is 15.6 Å². The van der Waals surface area contributed by atoms with Crippen LogP contribution in [0.5, 0.6) is 0 Å². The van der Waals surface area contributed by atoms with E-state index in [-0.39, 0.29) is 5.78 Å². The molecule has 2 nitrogen and oxygen atoms in total. The van der Waals surface area contributed by atoms with Crippen LogP contribution in [0.25, 0.3) is 11.3 Å². The van der Waals surface area contributed by atoms with Crippen LogP contribution in [0.15, 0.2) is 18.2 Å². The highest BCUT2D eigenvalue weighted by Crippen LogP contribution is 2.32. The number of ketones is 1. The molecule has 0 aliphatic heterocycles. The van der Waals surface area contributed by atoms with Gasteiger partial charge in [-0.25, -0.2) is 4.98 Å². The first-order valence-corrected chi connectivity index (χ1v) is 6.49. The van der Waals surface area contributed by atoms with Gasteiger partial charge in [0.25, 0.3) is 0 Å². The zero-order valence-corrected chi connectivity index (χ0v) is 11.6. The SMILES string of the molecule is CC(=O)c1sc(C)nc1-c1cc(Cl)cc(Cl)c1. The van der Waals surface area contributed by atoms with Crippen molar-refractivity contribution in [2.75, 3.05) is 0 Å². The monoisotopic (exact) mass is 285 g/mol. The fourth-order valence-corrected chi connectivity index (χ4v) is 2.91. The van der Waals surface area contributed by atoms with Crippen LogP contribution >= 0.6 is 34.5 Å². The molecule has 1 heterocycles. The number of halogens is 2. The van der Waals surface area contributed by atoms with E-state index < -0.39 is 0 Å². The average molecular weight is 286 g/mol. The van der Waals surface area contributed by atoms with Crippen molar-refractivity contribution in [3.8, 4) is 11.3 Å². The first-order chi connectivity index (χ1) is 7.97. The summed E-state index contributed by atoms with van der Waals surface area (Å²) in [6, 6.07) is 5.17. The molecule has 0 aliphatic carbocycles. The number of hydrogen-bond donors (Lipinski definition) is 0. The van der Waals surface area contributed by atoms with Crippen molar-refractivity contribution >= 4 is 40.3 Å². The Balaban J connectivity index is 2.63. The van der Waals surface area contributed by atoms with Crippen molar-refractivity contribution in [1.82, 2.24) is 4.98 Å². The zero-order valence-electron chi connectivity index (χ0n) is 9.25. The molecule has 1 aromatic heterocycles. The third kappa shape index (κ3) is 2.68. The van der Waals surface area contributed by atoms with Gasteiger partial charge < -0.3 is 0 Å². The molecule has 0 saturated heterocycles. The van der Waals surface area contributed by atoms with E-state index in [2.05, 4.69) is 4.98 Å². The van der Waals surface area contributed by atoms with Crippen LogP contribution in [-0.4, -0.2) is 10.8 Å². The summed E-state index contributed by atoms with van der Waals surface area (Å²) in [5, 5.41) is 1.92. The second-order valence-corrected chi connectivity index (χ2v) is 5.70. The lowest BCUT2D eigenvalue weighted by Gasteiger charge is -2.01. The summed E-state index contributed by atoms with van der Waals surface area (Å²) in [5.74, 6) is 0.00157. The Morgan fingerprint density at radius 1 is 1.24 bits per heavy atom. The minimum Gasteiger partial charge on any atom is -0.294 e. The molecule has 0 fully saturated rings. The van der Waals surface area contributed by atoms with E-state index in [9.17, 15) is 4.79 Å². The molecule has 0 bridgehead atoms. The Kier molecular flexibility index (Phi) is 3.52. The van der Waals surface area contributed by atoms with Gasteiger partial charge in [-0.1, -0.05) is 23.2 Å². The summed E-state index contributed by atoms with van der Waals surface area (Å²) < 4.78 is 0. The molecule has 1 aromatic carbocycles. The lowest BCUT2D eigenvalue weighted by atomic mass is 10.1. The van der Waals surface area contributed by atoms with E-state index in [1.165, 1.54) is 18.3 Å². The minimum absolute atomic E-state index is 0.00157. The molecule has 0 amide bonds. The second-order valence-electron chi connectivity index (χ2n) is 3.62. The van der Waals surface area contributed by atoms with Gasteiger partial charge in [0.15, 0.2) is 5.78 Å². The molecule has 88 valence electrons. The van der Waals surface area contributed by atoms with Crippen LogP contribution < -0.4 is 0 Å². The Morgan fingerprint density at radius 2 is 1.82 bits per heavy atom. The van der Waals surface area contributed by atoms with Gasteiger partial charge in [-0.05, 0) is 25.1 Å². The number of aromatic nitrogens is 1. The molecule has 0 radical (unpaired) electrons. The summed E-state index contributed by atoms with van der Waals surface area (Å²) in [6.45, 7) is 3.40. The summed E-state index contributed by atoms with van der Waals surface area (Å²) >= 11 is 13.3. The first-order valence-electron chi connectivity index (χ1n) is 4.92. The van der Waals surface area contributed by atoms with Crippen LogP contribution in [0.1, 0.15) is 21.6 Å².